The quantitative estimate of drug-likeness (QED) is 0.220. The van der Waals surface area contributed by atoms with Crippen LogP contribution in [0.2, 0.25) is 10.6 Å². The maximum Gasteiger partial charge on any atom is 0.433 e. The molecule has 5 atom stereocenters. The maximum atomic E-state index is 12.1. The van der Waals surface area contributed by atoms with Crippen molar-refractivity contribution in [1.82, 2.24) is 10.2 Å². The minimum Gasteiger partial charge on any atom is -0.318 e. The van der Waals surface area contributed by atoms with E-state index in [0.29, 0.717) is 12.5 Å². The van der Waals surface area contributed by atoms with Gasteiger partial charge in [-0.2, -0.15) is 0 Å². The Morgan fingerprint density at radius 3 is 2.71 bits per heavy atom. The zero-order chi connectivity index (χ0) is 27.8. The Labute approximate surface area is 232 Å². The van der Waals surface area contributed by atoms with Gasteiger partial charge in [-0.1, -0.05) is 73.3 Å². The summed E-state index contributed by atoms with van der Waals surface area (Å²) in [5, 5.41) is 7.49. The van der Waals surface area contributed by atoms with Gasteiger partial charge in [-0.25, -0.2) is 4.79 Å². The number of rotatable bonds is 7. The average molecular weight is 515 g/mol. The van der Waals surface area contributed by atoms with Crippen LogP contribution in [0.5, 0.6) is 0 Å². The third-order valence-electron chi connectivity index (χ3n) is 11.3. The Morgan fingerprint density at radius 2 is 2.03 bits per heavy atom. The van der Waals surface area contributed by atoms with Gasteiger partial charge in [-0.05, 0) is 98.8 Å². The summed E-state index contributed by atoms with van der Waals surface area (Å²) in [4.78, 5) is 19.3. The lowest BCUT2D eigenvalue weighted by molar-refractivity contribution is -0.00114. The van der Waals surface area contributed by atoms with Crippen LogP contribution in [0.15, 0.2) is 64.9 Å². The van der Waals surface area contributed by atoms with E-state index in [9.17, 15) is 4.79 Å². The molecule has 38 heavy (non-hydrogen) atoms. The summed E-state index contributed by atoms with van der Waals surface area (Å²) in [6, 6.07) is 0. The standard InChI is InChI=1S/C31H47B2N3O2/c1-7-9-10-22(8-2)25-13-18-31(33)29(25,4)16-14-26-28(3)15-12-24(21-23(28)11-17-30(26,31)32)35-38-27(37)34-19-20-36(5)6/h7-10,13,21,26H,1,11-12,14-20,32-33H2,2-6H3,(H,34,37)/b10-9-,22-8+,35-24+/t26?,28?,29?,30-,31+/m1/s1. The molecule has 0 aromatic rings. The van der Waals surface area contributed by atoms with E-state index in [4.69, 9.17) is 4.84 Å². The molecule has 7 heteroatoms. The van der Waals surface area contributed by atoms with Gasteiger partial charge in [0.25, 0.3) is 0 Å². The molecule has 3 unspecified atom stereocenters. The van der Waals surface area contributed by atoms with Crippen molar-refractivity contribution in [2.24, 2.45) is 21.9 Å². The number of oxime groups is 1. The minimum atomic E-state index is -0.477. The molecule has 0 saturated heterocycles. The highest BCUT2D eigenvalue weighted by molar-refractivity contribution is 6.28. The van der Waals surface area contributed by atoms with E-state index in [2.05, 4.69) is 83.9 Å². The van der Waals surface area contributed by atoms with Gasteiger partial charge in [0.05, 0.1) is 5.71 Å². The first kappa shape index (κ1) is 28.7. The molecule has 0 aromatic heterocycles. The van der Waals surface area contributed by atoms with Crippen molar-refractivity contribution >= 4 is 27.5 Å². The molecule has 4 aliphatic rings. The zero-order valence-corrected chi connectivity index (χ0v) is 24.8. The van der Waals surface area contributed by atoms with Gasteiger partial charge >= 0.3 is 6.09 Å². The van der Waals surface area contributed by atoms with Gasteiger partial charge in [0, 0.05) is 13.1 Å². The molecule has 2 fully saturated rings. The fraction of sp³-hybridized carbons (Fsp3) is 0.613. The third kappa shape index (κ3) is 4.59. The van der Waals surface area contributed by atoms with E-state index < -0.39 is 6.09 Å². The fourth-order valence-electron chi connectivity index (χ4n) is 8.61. The molecule has 1 N–H and O–H groups in total. The van der Waals surface area contributed by atoms with Crippen molar-refractivity contribution in [3.63, 3.8) is 0 Å². The van der Waals surface area contributed by atoms with Gasteiger partial charge in [0.1, 0.15) is 15.7 Å². The molecule has 204 valence electrons. The highest BCUT2D eigenvalue weighted by Gasteiger charge is 2.67. The topological polar surface area (TPSA) is 53.9 Å². The number of allylic oxidation sites excluding steroid dienone is 9. The van der Waals surface area contributed by atoms with Crippen molar-refractivity contribution in [3.8, 4) is 0 Å². The molecule has 4 aliphatic carbocycles. The van der Waals surface area contributed by atoms with Gasteiger partial charge in [-0.15, -0.1) is 0 Å². The van der Waals surface area contributed by atoms with Crippen LogP contribution in [0.3, 0.4) is 0 Å². The van der Waals surface area contributed by atoms with Crippen LogP contribution in [0.25, 0.3) is 0 Å². The third-order valence-corrected chi connectivity index (χ3v) is 11.3. The zero-order valence-electron chi connectivity index (χ0n) is 24.8. The van der Waals surface area contributed by atoms with Gasteiger partial charge < -0.3 is 10.2 Å². The number of carbonyl (C=O) groups is 1. The van der Waals surface area contributed by atoms with Crippen molar-refractivity contribution in [2.45, 2.75) is 76.3 Å². The highest BCUT2D eigenvalue weighted by atomic mass is 16.7. The average Bonchev–Trinajstić information content (AvgIpc) is 3.15. The molecule has 0 aromatic carbocycles. The largest absolute Gasteiger partial charge is 0.433 e. The van der Waals surface area contributed by atoms with Crippen LogP contribution in [0, 0.1) is 16.7 Å². The molecule has 0 spiro atoms. The molecule has 0 heterocycles. The van der Waals surface area contributed by atoms with Crippen molar-refractivity contribution < 1.29 is 9.63 Å². The summed E-state index contributed by atoms with van der Waals surface area (Å²) in [6.07, 6.45) is 20.6. The number of nitrogens with zero attached hydrogens (tertiary/aromatic N) is 2. The predicted molar refractivity (Wildman–Crippen MR) is 164 cm³/mol. The molecule has 1 amide bonds. The Kier molecular flexibility index (Phi) is 8.10. The number of nitrogens with one attached hydrogen (secondary N) is 1. The SMILES string of the molecule is B[C@]12CCC3=C/C(=N/OC(=O)NCCN(C)C)CCC3(C)C1CCC1(C)C(C(/C=C\C=C)=C/C)=CC[C@]12B. The molecular weight excluding hydrogens is 468 g/mol. The van der Waals surface area contributed by atoms with E-state index in [-0.39, 0.29) is 21.5 Å². The van der Waals surface area contributed by atoms with Crippen LogP contribution in [-0.2, 0) is 4.84 Å². The van der Waals surface area contributed by atoms with Gasteiger partial charge in [-0.3, -0.25) is 4.84 Å². The van der Waals surface area contributed by atoms with E-state index in [1.54, 1.807) is 0 Å². The molecule has 0 aliphatic heterocycles. The molecule has 5 nitrogen and oxygen atoms in total. The van der Waals surface area contributed by atoms with Crippen LogP contribution in [0.4, 0.5) is 4.79 Å². The number of amides is 1. The van der Waals surface area contributed by atoms with E-state index >= 15 is 0 Å². The Morgan fingerprint density at radius 1 is 1.26 bits per heavy atom. The summed E-state index contributed by atoms with van der Waals surface area (Å²) in [7, 11) is 9.14. The highest BCUT2D eigenvalue weighted by Crippen LogP contribution is 2.81. The number of carbonyl (C=O) groups excluding carboxylic acids is 1. The van der Waals surface area contributed by atoms with Crippen molar-refractivity contribution in [1.29, 1.82) is 0 Å². The lowest BCUT2D eigenvalue weighted by atomic mass is 9.25. The first-order valence-electron chi connectivity index (χ1n) is 14.5. The second-order valence-corrected chi connectivity index (χ2v) is 13.1. The van der Waals surface area contributed by atoms with Crippen molar-refractivity contribution in [3.05, 3.63) is 59.8 Å². The number of likely N-dealkylation sites (N-methyl/N-ethyl adjacent to an activating group) is 1. The Bertz CT molecular complexity index is 1120. The molecular formula is C31H47B2N3O2. The molecule has 4 rings (SSSR count). The summed E-state index contributed by atoms with van der Waals surface area (Å²) >= 11 is 0. The number of fused-ring (bicyclic) bond motifs is 5. The summed E-state index contributed by atoms with van der Waals surface area (Å²) in [5.41, 5.74) is 5.61. The smallest absolute Gasteiger partial charge is 0.318 e. The van der Waals surface area contributed by atoms with Crippen LogP contribution < -0.4 is 5.32 Å². The number of hydrogen-bond donors (Lipinski definition) is 1. The first-order valence-corrected chi connectivity index (χ1v) is 14.5. The second kappa shape index (κ2) is 10.7. The predicted octanol–water partition coefficient (Wildman–Crippen LogP) is 5.17. The van der Waals surface area contributed by atoms with Crippen molar-refractivity contribution in [2.75, 3.05) is 27.2 Å². The summed E-state index contributed by atoms with van der Waals surface area (Å²) < 4.78 is 0. The van der Waals surface area contributed by atoms with Crippen LogP contribution >= 0.6 is 0 Å². The lowest BCUT2D eigenvalue weighted by Gasteiger charge is -2.69. The van der Waals surface area contributed by atoms with E-state index in [1.807, 2.05) is 25.1 Å². The Balaban J connectivity index is 1.54. The van der Waals surface area contributed by atoms with E-state index in [1.165, 1.54) is 36.0 Å². The first-order chi connectivity index (χ1) is 17.9. The van der Waals surface area contributed by atoms with Crippen LogP contribution in [0.1, 0.15) is 65.7 Å². The minimum absolute atomic E-state index is 0.165. The van der Waals surface area contributed by atoms with Crippen LogP contribution in [-0.4, -0.2) is 59.6 Å². The number of hydrogen-bond acceptors (Lipinski definition) is 4. The maximum absolute atomic E-state index is 12.1. The molecule has 0 bridgehead atoms. The van der Waals surface area contributed by atoms with E-state index in [0.717, 1.165) is 37.9 Å². The Hall–Kier alpha value is -2.27. The molecule has 2 saturated carbocycles. The fourth-order valence-corrected chi connectivity index (χ4v) is 8.61. The lowest BCUT2D eigenvalue weighted by Crippen LogP contribution is -2.56. The second-order valence-electron chi connectivity index (χ2n) is 13.1. The normalized spacial score (nSPS) is 37.8. The molecule has 0 radical (unpaired) electrons. The summed E-state index contributed by atoms with van der Waals surface area (Å²) in [5.74, 6) is 0.635. The summed E-state index contributed by atoms with van der Waals surface area (Å²) in [6.45, 7) is 12.4. The van der Waals surface area contributed by atoms with Gasteiger partial charge in [0.2, 0.25) is 0 Å². The van der Waals surface area contributed by atoms with Gasteiger partial charge in [0.15, 0.2) is 0 Å². The monoisotopic (exact) mass is 515 g/mol.